The van der Waals surface area contributed by atoms with Gasteiger partial charge in [-0.3, -0.25) is 9.59 Å². The van der Waals surface area contributed by atoms with E-state index in [1.807, 2.05) is 38.1 Å². The lowest BCUT2D eigenvalue weighted by Crippen LogP contribution is -2.41. The van der Waals surface area contributed by atoms with Gasteiger partial charge in [-0.1, -0.05) is 12.1 Å². The fourth-order valence-corrected chi connectivity index (χ4v) is 6.48. The van der Waals surface area contributed by atoms with Crippen LogP contribution >= 0.6 is 11.3 Å². The molecule has 1 saturated heterocycles. The van der Waals surface area contributed by atoms with Crippen molar-refractivity contribution in [3.05, 3.63) is 46.8 Å². The van der Waals surface area contributed by atoms with E-state index in [-0.39, 0.29) is 30.3 Å². The first-order valence-corrected chi connectivity index (χ1v) is 13.0. The molecule has 0 unspecified atom stereocenters. The number of thiophene rings is 1. The average molecular weight is 490 g/mol. The second-order valence-electron chi connectivity index (χ2n) is 8.02. The number of anilines is 1. The van der Waals surface area contributed by atoms with Crippen molar-refractivity contribution in [3.8, 4) is 6.07 Å². The third-order valence-electron chi connectivity index (χ3n) is 5.48. The van der Waals surface area contributed by atoms with Crippen molar-refractivity contribution in [1.82, 2.24) is 4.31 Å². The van der Waals surface area contributed by atoms with Crippen LogP contribution in [0.15, 0.2) is 39.9 Å². The van der Waals surface area contributed by atoms with Gasteiger partial charge in [0.05, 0.1) is 18.4 Å². The third-order valence-corrected chi connectivity index (χ3v) is 8.75. The summed E-state index contributed by atoms with van der Waals surface area (Å²) in [7, 11) is -3.54. The molecule has 1 aliphatic heterocycles. The van der Waals surface area contributed by atoms with Gasteiger partial charge in [0.2, 0.25) is 0 Å². The van der Waals surface area contributed by atoms with Crippen molar-refractivity contribution < 1.29 is 22.7 Å². The molecule has 0 bridgehead atoms. The van der Waals surface area contributed by atoms with Crippen molar-refractivity contribution >= 4 is 38.9 Å². The number of hydrogen-bond acceptors (Lipinski definition) is 7. The first-order valence-electron chi connectivity index (χ1n) is 10.7. The lowest BCUT2D eigenvalue weighted by molar-refractivity contribution is -0.153. The molecular formula is C23H27N3O5S2. The number of rotatable bonds is 8. The Morgan fingerprint density at radius 2 is 1.88 bits per heavy atom. The fraction of sp³-hybridized carbons (Fsp3) is 0.435. The number of piperidine rings is 1. The number of benzene rings is 1. The van der Waals surface area contributed by atoms with Gasteiger partial charge >= 0.3 is 5.97 Å². The predicted octanol–water partition coefficient (Wildman–Crippen LogP) is 3.26. The van der Waals surface area contributed by atoms with Crippen LogP contribution in [0.4, 0.5) is 5.69 Å². The molecule has 0 N–H and O–H groups in total. The Hall–Kier alpha value is -2.74. The molecule has 0 radical (unpaired) electrons. The van der Waals surface area contributed by atoms with Crippen LogP contribution in [0.2, 0.25) is 0 Å². The summed E-state index contributed by atoms with van der Waals surface area (Å²) in [6, 6.07) is 11.0. The van der Waals surface area contributed by atoms with E-state index in [1.54, 1.807) is 17.5 Å². The van der Waals surface area contributed by atoms with Crippen LogP contribution in [0.3, 0.4) is 0 Å². The van der Waals surface area contributed by atoms with Crippen molar-refractivity contribution in [2.45, 2.75) is 37.3 Å². The van der Waals surface area contributed by atoms with Gasteiger partial charge in [-0.05, 0) is 61.4 Å². The smallest absolute Gasteiger partial charge is 0.309 e. The largest absolute Gasteiger partial charge is 0.455 e. The van der Waals surface area contributed by atoms with Crippen LogP contribution < -0.4 is 4.90 Å². The first-order chi connectivity index (χ1) is 15.7. The predicted molar refractivity (Wildman–Crippen MR) is 125 cm³/mol. The molecule has 0 saturated carbocycles. The van der Waals surface area contributed by atoms with Gasteiger partial charge in [0.1, 0.15) is 4.21 Å². The quantitative estimate of drug-likeness (QED) is 0.527. The van der Waals surface area contributed by atoms with Gasteiger partial charge in [-0.2, -0.15) is 9.57 Å². The molecule has 8 nitrogen and oxygen atoms in total. The monoisotopic (exact) mass is 489 g/mol. The Balaban J connectivity index is 1.57. The molecule has 0 aliphatic carbocycles. The van der Waals surface area contributed by atoms with Crippen LogP contribution in [-0.4, -0.2) is 50.8 Å². The molecule has 0 atom stereocenters. The van der Waals surface area contributed by atoms with Gasteiger partial charge in [0.25, 0.3) is 15.9 Å². The number of nitriles is 1. The molecule has 33 heavy (non-hydrogen) atoms. The molecular weight excluding hydrogens is 462 g/mol. The van der Waals surface area contributed by atoms with Crippen molar-refractivity contribution in [2.24, 2.45) is 5.92 Å². The van der Waals surface area contributed by atoms with E-state index >= 15 is 0 Å². The number of sulfonamides is 1. The molecule has 2 heterocycles. The zero-order valence-corrected chi connectivity index (χ0v) is 20.3. The Morgan fingerprint density at radius 1 is 1.21 bits per heavy atom. The molecule has 1 fully saturated rings. The number of nitrogens with zero attached hydrogens (tertiary/aromatic N) is 3. The normalized spacial score (nSPS) is 15.1. The van der Waals surface area contributed by atoms with Crippen LogP contribution in [-0.2, 0) is 24.3 Å². The van der Waals surface area contributed by atoms with Crippen molar-refractivity contribution in [1.29, 1.82) is 5.26 Å². The van der Waals surface area contributed by atoms with E-state index in [1.165, 1.54) is 20.5 Å². The minimum Gasteiger partial charge on any atom is -0.455 e. The SMILES string of the molecule is Cc1cc(C)cc(N(CCC#N)C(=O)COC(=O)C2CCN(S(=O)(=O)c3cccs3)CC2)c1. The standard InChI is InChI=1S/C23H27N3O5S2/c1-17-13-18(2)15-20(14-17)26(9-4-8-24)21(27)16-31-23(28)19-6-10-25(11-7-19)33(29,30)22-5-3-12-32-22/h3,5,12-15,19H,4,6-7,9-11,16H2,1-2H3. The van der Waals surface area contributed by atoms with E-state index in [0.717, 1.165) is 11.1 Å². The minimum atomic E-state index is -3.54. The third kappa shape index (κ3) is 6.19. The summed E-state index contributed by atoms with van der Waals surface area (Å²) < 4.78 is 32.2. The Bertz CT molecular complexity index is 1110. The highest BCUT2D eigenvalue weighted by molar-refractivity contribution is 7.91. The van der Waals surface area contributed by atoms with Gasteiger partial charge < -0.3 is 9.64 Å². The molecule has 1 aromatic carbocycles. The highest BCUT2D eigenvalue weighted by Crippen LogP contribution is 2.27. The first kappa shape index (κ1) is 24.9. The van der Waals surface area contributed by atoms with Gasteiger partial charge in [0, 0.05) is 25.3 Å². The van der Waals surface area contributed by atoms with Crippen LogP contribution in [0.25, 0.3) is 0 Å². The summed E-state index contributed by atoms with van der Waals surface area (Å²) >= 11 is 1.17. The van der Waals surface area contributed by atoms with E-state index in [2.05, 4.69) is 0 Å². The number of aryl methyl sites for hydroxylation is 2. The second kappa shape index (κ2) is 10.9. The van der Waals surface area contributed by atoms with Crippen molar-refractivity contribution in [3.63, 3.8) is 0 Å². The number of ether oxygens (including phenoxy) is 1. The summed E-state index contributed by atoms with van der Waals surface area (Å²) in [5.41, 5.74) is 2.64. The summed E-state index contributed by atoms with van der Waals surface area (Å²) in [6.07, 6.45) is 0.837. The maximum Gasteiger partial charge on any atom is 0.309 e. The van der Waals surface area contributed by atoms with Gasteiger partial charge in [-0.15, -0.1) is 11.3 Å². The van der Waals surface area contributed by atoms with Crippen LogP contribution in [0.1, 0.15) is 30.4 Å². The maximum atomic E-state index is 12.8. The number of carbonyl (C=O) groups is 2. The molecule has 10 heteroatoms. The lowest BCUT2D eigenvalue weighted by Gasteiger charge is -2.30. The summed E-state index contributed by atoms with van der Waals surface area (Å²) in [5, 5.41) is 10.7. The number of hydrogen-bond donors (Lipinski definition) is 0. The highest BCUT2D eigenvalue weighted by Gasteiger charge is 2.33. The lowest BCUT2D eigenvalue weighted by atomic mass is 9.98. The van der Waals surface area contributed by atoms with E-state index in [0.29, 0.717) is 18.5 Å². The second-order valence-corrected chi connectivity index (χ2v) is 11.1. The molecule has 2 aromatic rings. The molecule has 176 valence electrons. The Kier molecular flexibility index (Phi) is 8.24. The number of amides is 1. The van der Waals surface area contributed by atoms with Crippen molar-refractivity contribution in [2.75, 3.05) is 31.1 Å². The van der Waals surface area contributed by atoms with Gasteiger partial charge in [0.15, 0.2) is 6.61 Å². The molecule has 1 amide bonds. The molecule has 1 aliphatic rings. The van der Waals surface area contributed by atoms with Crippen LogP contribution in [0.5, 0.6) is 0 Å². The zero-order chi connectivity index (χ0) is 24.0. The molecule has 3 rings (SSSR count). The van der Waals surface area contributed by atoms with Gasteiger partial charge in [-0.25, -0.2) is 8.42 Å². The Morgan fingerprint density at radius 3 is 2.45 bits per heavy atom. The molecule has 1 aromatic heterocycles. The van der Waals surface area contributed by atoms with E-state index in [9.17, 15) is 18.0 Å². The maximum absolute atomic E-state index is 12.8. The number of esters is 1. The van der Waals surface area contributed by atoms with Crippen LogP contribution in [0, 0.1) is 31.1 Å². The molecule has 0 spiro atoms. The summed E-state index contributed by atoms with van der Waals surface area (Å²) in [4.78, 5) is 26.8. The fourth-order valence-electron chi connectivity index (χ4n) is 3.86. The van der Waals surface area contributed by atoms with E-state index < -0.39 is 34.4 Å². The zero-order valence-electron chi connectivity index (χ0n) is 18.7. The number of carbonyl (C=O) groups excluding carboxylic acids is 2. The highest BCUT2D eigenvalue weighted by atomic mass is 32.2. The summed E-state index contributed by atoms with van der Waals surface area (Å²) in [6.45, 7) is 4.08. The summed E-state index contributed by atoms with van der Waals surface area (Å²) in [5.74, 6) is -1.36. The minimum absolute atomic E-state index is 0.157. The Labute approximate surface area is 198 Å². The van der Waals surface area contributed by atoms with E-state index in [4.69, 9.17) is 10.00 Å². The topological polar surface area (TPSA) is 108 Å². The average Bonchev–Trinajstić information content (AvgIpc) is 3.33.